The van der Waals surface area contributed by atoms with Crippen LogP contribution < -0.4 is 15.2 Å². The SMILES string of the molecule is c1ccc(ON(c2ccccc2)C2CCCCN2C2(N3CCCC3)CNCCO2)cc1. The van der Waals surface area contributed by atoms with Crippen LogP contribution in [0.15, 0.2) is 60.7 Å². The van der Waals surface area contributed by atoms with Gasteiger partial charge in [-0.25, -0.2) is 4.90 Å². The number of hydroxylamine groups is 1. The highest BCUT2D eigenvalue weighted by atomic mass is 16.7. The van der Waals surface area contributed by atoms with Crippen LogP contribution in [-0.2, 0) is 4.74 Å². The van der Waals surface area contributed by atoms with Crippen molar-refractivity contribution >= 4 is 5.69 Å². The summed E-state index contributed by atoms with van der Waals surface area (Å²) in [4.78, 5) is 11.7. The van der Waals surface area contributed by atoms with Crippen LogP contribution in [0.25, 0.3) is 0 Å². The van der Waals surface area contributed by atoms with Gasteiger partial charge in [0.05, 0.1) is 18.8 Å². The maximum Gasteiger partial charge on any atom is 0.194 e. The summed E-state index contributed by atoms with van der Waals surface area (Å²) in [7, 11) is 0. The standard InChI is InChI=1S/C25H34N4O2/c1-3-11-22(12-4-1)29(31-23-13-5-2-6-14-23)24-15-7-8-19-28(24)25(21-26-16-20-30-25)27-17-9-10-18-27/h1-6,11-14,24,26H,7-10,15-21H2. The second kappa shape index (κ2) is 9.57. The monoisotopic (exact) mass is 422 g/mol. The van der Waals surface area contributed by atoms with E-state index in [-0.39, 0.29) is 6.17 Å². The molecular formula is C25H34N4O2. The molecule has 166 valence electrons. The van der Waals surface area contributed by atoms with Crippen LogP contribution in [0.4, 0.5) is 5.69 Å². The van der Waals surface area contributed by atoms with Gasteiger partial charge in [0.2, 0.25) is 0 Å². The van der Waals surface area contributed by atoms with Crippen molar-refractivity contribution in [2.75, 3.05) is 44.4 Å². The Balaban J connectivity index is 1.51. The zero-order valence-corrected chi connectivity index (χ0v) is 18.3. The Bertz CT molecular complexity index is 807. The van der Waals surface area contributed by atoms with E-state index in [1.807, 2.05) is 30.3 Å². The molecule has 0 aliphatic carbocycles. The lowest BCUT2D eigenvalue weighted by atomic mass is 10.0. The van der Waals surface area contributed by atoms with E-state index in [1.165, 1.54) is 25.7 Å². The molecular weight excluding hydrogens is 388 g/mol. The molecule has 0 amide bonds. The van der Waals surface area contributed by atoms with Crippen molar-refractivity contribution in [3.63, 3.8) is 0 Å². The molecule has 2 aromatic rings. The number of rotatable bonds is 6. The number of ether oxygens (including phenoxy) is 1. The first-order chi connectivity index (χ1) is 15.4. The summed E-state index contributed by atoms with van der Waals surface area (Å²) in [5, 5.41) is 5.75. The average molecular weight is 423 g/mol. The van der Waals surface area contributed by atoms with Gasteiger partial charge >= 0.3 is 0 Å². The minimum atomic E-state index is -0.410. The van der Waals surface area contributed by atoms with Gasteiger partial charge in [-0.15, -0.1) is 0 Å². The molecule has 3 aliphatic heterocycles. The third kappa shape index (κ3) is 4.30. The van der Waals surface area contributed by atoms with E-state index in [0.717, 1.165) is 57.2 Å². The Kier molecular flexibility index (Phi) is 6.41. The maximum absolute atomic E-state index is 6.66. The second-order valence-corrected chi connectivity index (χ2v) is 8.70. The van der Waals surface area contributed by atoms with Gasteiger partial charge in [0.1, 0.15) is 6.17 Å². The third-order valence-electron chi connectivity index (χ3n) is 6.72. The summed E-state index contributed by atoms with van der Waals surface area (Å²) in [6, 6.07) is 20.6. The van der Waals surface area contributed by atoms with Gasteiger partial charge in [0.25, 0.3) is 0 Å². The molecule has 2 unspecified atom stereocenters. The zero-order valence-electron chi connectivity index (χ0n) is 18.3. The molecule has 0 spiro atoms. The van der Waals surface area contributed by atoms with E-state index in [2.05, 4.69) is 50.5 Å². The lowest BCUT2D eigenvalue weighted by Gasteiger charge is -2.56. The summed E-state index contributed by atoms with van der Waals surface area (Å²) in [5.41, 5.74) is 1.07. The summed E-state index contributed by atoms with van der Waals surface area (Å²) in [6.45, 7) is 5.68. The molecule has 3 fully saturated rings. The number of hydrogen-bond acceptors (Lipinski definition) is 6. The summed E-state index contributed by atoms with van der Waals surface area (Å²) < 4.78 is 6.66. The number of benzene rings is 2. The van der Waals surface area contributed by atoms with Crippen molar-refractivity contribution < 1.29 is 9.57 Å². The van der Waals surface area contributed by atoms with Crippen LogP contribution in [0.5, 0.6) is 5.75 Å². The van der Waals surface area contributed by atoms with Crippen LogP contribution in [0.2, 0.25) is 0 Å². The Labute approximate surface area is 185 Å². The quantitative estimate of drug-likeness (QED) is 0.717. The fourth-order valence-electron chi connectivity index (χ4n) is 5.25. The molecule has 0 saturated carbocycles. The number of nitrogens with zero attached hydrogens (tertiary/aromatic N) is 3. The largest absolute Gasteiger partial charge is 0.378 e. The van der Waals surface area contributed by atoms with Crippen LogP contribution >= 0.6 is 0 Å². The number of anilines is 1. The second-order valence-electron chi connectivity index (χ2n) is 8.70. The number of morpholine rings is 1. The number of likely N-dealkylation sites (tertiary alicyclic amines) is 2. The highest BCUT2D eigenvalue weighted by Gasteiger charge is 2.50. The van der Waals surface area contributed by atoms with Crippen LogP contribution in [0.1, 0.15) is 32.1 Å². The topological polar surface area (TPSA) is 40.2 Å². The molecule has 3 saturated heterocycles. The highest BCUT2D eigenvalue weighted by Crippen LogP contribution is 2.36. The highest BCUT2D eigenvalue weighted by molar-refractivity contribution is 5.45. The van der Waals surface area contributed by atoms with E-state index in [4.69, 9.17) is 9.57 Å². The van der Waals surface area contributed by atoms with Crippen LogP contribution in [0, 0.1) is 0 Å². The van der Waals surface area contributed by atoms with Gasteiger partial charge in [0.15, 0.2) is 11.6 Å². The molecule has 31 heavy (non-hydrogen) atoms. The Morgan fingerprint density at radius 3 is 2.32 bits per heavy atom. The fraction of sp³-hybridized carbons (Fsp3) is 0.520. The Hall–Kier alpha value is -2.12. The molecule has 0 aromatic heterocycles. The van der Waals surface area contributed by atoms with E-state index in [1.54, 1.807) is 0 Å². The smallest absolute Gasteiger partial charge is 0.194 e. The summed E-state index contributed by atoms with van der Waals surface area (Å²) in [5.74, 6) is 0.446. The van der Waals surface area contributed by atoms with Gasteiger partial charge in [0, 0.05) is 26.2 Å². The predicted molar refractivity (Wildman–Crippen MR) is 123 cm³/mol. The minimum Gasteiger partial charge on any atom is -0.378 e. The number of para-hydroxylation sites is 2. The lowest BCUT2D eigenvalue weighted by Crippen LogP contribution is -2.73. The number of hydrogen-bond donors (Lipinski definition) is 1. The van der Waals surface area contributed by atoms with Crippen LogP contribution in [-0.4, -0.2) is 61.1 Å². The van der Waals surface area contributed by atoms with Gasteiger partial charge in [-0.2, -0.15) is 5.06 Å². The maximum atomic E-state index is 6.66. The number of nitrogens with one attached hydrogen (secondary N) is 1. The van der Waals surface area contributed by atoms with Crippen LogP contribution in [0.3, 0.4) is 0 Å². The molecule has 3 aliphatic rings. The average Bonchev–Trinajstić information content (AvgIpc) is 3.40. The molecule has 2 aromatic carbocycles. The summed E-state index contributed by atoms with van der Waals surface area (Å²) >= 11 is 0. The first-order valence-corrected chi connectivity index (χ1v) is 11.8. The molecule has 0 bridgehead atoms. The van der Waals surface area contributed by atoms with Crippen molar-refractivity contribution in [3.8, 4) is 5.75 Å². The van der Waals surface area contributed by atoms with Crippen molar-refractivity contribution in [1.29, 1.82) is 0 Å². The van der Waals surface area contributed by atoms with Gasteiger partial charge < -0.3 is 14.9 Å². The zero-order chi connectivity index (χ0) is 20.9. The number of piperidine rings is 1. The van der Waals surface area contributed by atoms with E-state index < -0.39 is 5.85 Å². The lowest BCUT2D eigenvalue weighted by molar-refractivity contribution is -0.271. The van der Waals surface area contributed by atoms with Crippen molar-refractivity contribution in [2.45, 2.75) is 44.1 Å². The third-order valence-corrected chi connectivity index (χ3v) is 6.72. The first-order valence-electron chi connectivity index (χ1n) is 11.8. The Morgan fingerprint density at radius 1 is 0.903 bits per heavy atom. The first kappa shape index (κ1) is 20.8. The molecule has 5 rings (SSSR count). The molecule has 1 N–H and O–H groups in total. The van der Waals surface area contributed by atoms with Gasteiger partial charge in [-0.3, -0.25) is 4.90 Å². The Morgan fingerprint density at radius 2 is 1.61 bits per heavy atom. The molecule has 6 nitrogen and oxygen atoms in total. The fourth-order valence-corrected chi connectivity index (χ4v) is 5.25. The molecule has 6 heteroatoms. The van der Waals surface area contributed by atoms with Crippen molar-refractivity contribution in [3.05, 3.63) is 60.7 Å². The van der Waals surface area contributed by atoms with E-state index in [0.29, 0.717) is 0 Å². The minimum absolute atomic E-state index is 0.0943. The predicted octanol–water partition coefficient (Wildman–Crippen LogP) is 3.67. The van der Waals surface area contributed by atoms with E-state index in [9.17, 15) is 0 Å². The molecule has 3 heterocycles. The molecule has 2 atom stereocenters. The normalized spacial score (nSPS) is 27.8. The van der Waals surface area contributed by atoms with Crippen molar-refractivity contribution in [1.82, 2.24) is 15.1 Å². The van der Waals surface area contributed by atoms with Gasteiger partial charge in [-0.05, 0) is 56.4 Å². The van der Waals surface area contributed by atoms with E-state index >= 15 is 0 Å². The van der Waals surface area contributed by atoms with Gasteiger partial charge in [-0.1, -0.05) is 36.4 Å². The summed E-state index contributed by atoms with van der Waals surface area (Å²) in [6.07, 6.45) is 5.99. The van der Waals surface area contributed by atoms with Crippen molar-refractivity contribution in [2.24, 2.45) is 0 Å². The molecule has 0 radical (unpaired) electrons.